The second kappa shape index (κ2) is 7.97. The Bertz CT molecular complexity index is 570. The molecule has 0 saturated carbocycles. The van der Waals surface area contributed by atoms with E-state index in [1.54, 1.807) is 12.1 Å². The van der Waals surface area contributed by atoms with Crippen molar-refractivity contribution in [3.8, 4) is 11.1 Å². The van der Waals surface area contributed by atoms with Crippen LogP contribution in [0.4, 0.5) is 4.39 Å². The third-order valence-corrected chi connectivity index (χ3v) is 3.15. The number of hydrogen-bond acceptors (Lipinski definition) is 3. The van der Waals surface area contributed by atoms with E-state index in [-0.39, 0.29) is 11.7 Å². The van der Waals surface area contributed by atoms with Gasteiger partial charge in [-0.2, -0.15) is 0 Å². The Morgan fingerprint density at radius 2 is 1.55 bits per heavy atom. The summed E-state index contributed by atoms with van der Waals surface area (Å²) in [6.45, 7) is 3.43. The van der Waals surface area contributed by atoms with Crippen molar-refractivity contribution in [2.75, 3.05) is 0 Å². The van der Waals surface area contributed by atoms with Gasteiger partial charge in [0.2, 0.25) is 5.91 Å². The number of carbonyl (C=O) groups excluding carboxylic acids is 1. The molecule has 0 aliphatic carbocycles. The van der Waals surface area contributed by atoms with Gasteiger partial charge >= 0.3 is 0 Å². The smallest absolute Gasteiger partial charge is 0.239 e. The first-order chi connectivity index (χ1) is 9.41. The highest BCUT2D eigenvalue weighted by Gasteiger charge is 1.99. The summed E-state index contributed by atoms with van der Waals surface area (Å²) in [6.07, 6.45) is 0. The molecule has 20 heavy (non-hydrogen) atoms. The third kappa shape index (κ3) is 5.27. The number of aryl methyl sites for hydroxylation is 1. The molecule has 0 atom stereocenters. The van der Waals surface area contributed by atoms with Crippen LogP contribution < -0.4 is 0 Å². The summed E-state index contributed by atoms with van der Waals surface area (Å²) in [5.74, 6) is -0.371. The number of hydrogen-bond donors (Lipinski definition) is 2. The molecule has 5 heteroatoms. The van der Waals surface area contributed by atoms with Crippen LogP contribution in [0.3, 0.4) is 0 Å². The summed E-state index contributed by atoms with van der Waals surface area (Å²) < 4.78 is 13.6. The topological polar surface area (TPSA) is 20.3 Å². The Hall–Kier alpha value is -1.46. The molecule has 0 bridgehead atoms. The van der Waals surface area contributed by atoms with Crippen LogP contribution in [0.5, 0.6) is 0 Å². The molecular weight excluding hydrogens is 293 g/mol. The minimum atomic E-state index is -0.192. The van der Waals surface area contributed by atoms with E-state index in [0.717, 1.165) is 14.8 Å². The van der Waals surface area contributed by atoms with Crippen LogP contribution >= 0.6 is 25.6 Å². The third-order valence-electron chi connectivity index (χ3n) is 2.58. The lowest BCUT2D eigenvalue weighted by Crippen LogP contribution is -2.03. The fraction of sp³-hybridized carbons (Fsp3) is 0.133. The van der Waals surface area contributed by atoms with Crippen LogP contribution in [0.15, 0.2) is 48.5 Å². The second-order valence-electron chi connectivity index (χ2n) is 4.13. The van der Waals surface area contributed by atoms with Gasteiger partial charge in [0, 0.05) is 6.92 Å². The maximum Gasteiger partial charge on any atom is 0.239 e. The van der Waals surface area contributed by atoms with Gasteiger partial charge in [-0.25, -0.2) is 8.10 Å². The van der Waals surface area contributed by atoms with Crippen molar-refractivity contribution >= 4 is 31.5 Å². The summed E-state index contributed by atoms with van der Waals surface area (Å²) in [5.41, 5.74) is 3.43. The Morgan fingerprint density at radius 1 is 1.05 bits per heavy atom. The van der Waals surface area contributed by atoms with Gasteiger partial charge in [-0.1, -0.05) is 62.0 Å². The van der Waals surface area contributed by atoms with Crippen molar-refractivity contribution in [2.45, 2.75) is 13.8 Å². The van der Waals surface area contributed by atoms with E-state index in [2.05, 4.69) is 38.6 Å². The highest BCUT2D eigenvalue weighted by Crippen LogP contribution is 2.22. The van der Waals surface area contributed by atoms with Gasteiger partial charge < -0.3 is 0 Å². The average Bonchev–Trinajstić information content (AvgIpc) is 2.41. The fourth-order valence-electron chi connectivity index (χ4n) is 1.53. The van der Waals surface area contributed by atoms with Gasteiger partial charge in [-0.15, -0.1) is 0 Å². The van der Waals surface area contributed by atoms with Crippen molar-refractivity contribution in [2.24, 2.45) is 0 Å². The van der Waals surface area contributed by atoms with Gasteiger partial charge in [0.1, 0.15) is 5.82 Å². The summed E-state index contributed by atoms with van der Waals surface area (Å²) in [7, 11) is 0. The van der Waals surface area contributed by atoms with E-state index < -0.39 is 0 Å². The predicted molar refractivity (Wildman–Crippen MR) is 87.1 cm³/mol. The van der Waals surface area contributed by atoms with Crippen molar-refractivity contribution in [1.82, 2.24) is 3.71 Å². The first-order valence-corrected chi connectivity index (χ1v) is 6.72. The van der Waals surface area contributed by atoms with Gasteiger partial charge in [0.15, 0.2) is 0 Å². The Morgan fingerprint density at radius 3 is 2.00 bits per heavy atom. The molecule has 0 N–H and O–H groups in total. The normalized spacial score (nSPS) is 9.45. The molecule has 0 aliphatic rings. The monoisotopic (exact) mass is 309 g/mol. The molecule has 0 aliphatic heterocycles. The zero-order valence-electron chi connectivity index (χ0n) is 11.2. The number of rotatable bonds is 1. The van der Waals surface area contributed by atoms with E-state index in [0.29, 0.717) is 0 Å². The minimum absolute atomic E-state index is 0.179. The first kappa shape index (κ1) is 16.6. The first-order valence-electron chi connectivity index (χ1n) is 5.92. The standard InChI is InChI=1S/C13H11F.C2H5NOS2/c1-10-4-2-3-5-13(10)11-6-8-12(14)9-7-11;1-2(4)3(5)6/h2-9H,1H3;5-6H,1H3. The molecule has 0 heterocycles. The molecule has 0 radical (unpaired) electrons. The molecule has 2 rings (SSSR count). The number of amides is 1. The molecule has 0 spiro atoms. The van der Waals surface area contributed by atoms with E-state index >= 15 is 0 Å². The molecule has 0 aromatic heterocycles. The van der Waals surface area contributed by atoms with E-state index in [9.17, 15) is 9.18 Å². The van der Waals surface area contributed by atoms with Crippen LogP contribution in [0.1, 0.15) is 12.5 Å². The van der Waals surface area contributed by atoms with Crippen molar-refractivity contribution in [1.29, 1.82) is 0 Å². The van der Waals surface area contributed by atoms with Gasteiger partial charge in [0.25, 0.3) is 0 Å². The molecule has 0 fully saturated rings. The quantitative estimate of drug-likeness (QED) is 0.752. The summed E-state index contributed by atoms with van der Waals surface area (Å²) in [5, 5.41) is 0. The van der Waals surface area contributed by atoms with E-state index in [1.165, 1.54) is 24.6 Å². The molecule has 0 unspecified atom stereocenters. The highest BCUT2D eigenvalue weighted by atomic mass is 32.2. The average molecular weight is 309 g/mol. The predicted octanol–water partition coefficient (Wildman–Crippen LogP) is 4.33. The zero-order valence-corrected chi connectivity index (χ0v) is 13.0. The number of carbonyl (C=O) groups is 1. The molecule has 1 amide bonds. The van der Waals surface area contributed by atoms with Crippen molar-refractivity contribution < 1.29 is 9.18 Å². The van der Waals surface area contributed by atoms with Crippen LogP contribution in [-0.2, 0) is 4.79 Å². The van der Waals surface area contributed by atoms with Gasteiger partial charge in [0.05, 0.1) is 0 Å². The number of nitrogens with zero attached hydrogens (tertiary/aromatic N) is 1. The fourth-order valence-corrected chi connectivity index (χ4v) is 1.53. The van der Waals surface area contributed by atoms with E-state index in [4.69, 9.17) is 0 Å². The summed E-state index contributed by atoms with van der Waals surface area (Å²) >= 11 is 7.08. The summed E-state index contributed by atoms with van der Waals surface area (Å²) in [4.78, 5) is 9.92. The minimum Gasteiger partial charge on any atom is -0.273 e. The highest BCUT2D eigenvalue weighted by molar-refractivity contribution is 7.94. The van der Waals surface area contributed by atoms with Crippen LogP contribution in [0.2, 0.25) is 0 Å². The van der Waals surface area contributed by atoms with Crippen LogP contribution in [-0.4, -0.2) is 9.62 Å². The largest absolute Gasteiger partial charge is 0.273 e. The SMILES string of the molecule is CC(=O)N(S)S.Cc1ccccc1-c1ccc(F)cc1. The van der Waals surface area contributed by atoms with E-state index in [1.807, 2.05) is 18.2 Å². The number of thiol groups is 2. The Labute approximate surface area is 129 Å². The lowest BCUT2D eigenvalue weighted by Gasteiger charge is -2.04. The van der Waals surface area contributed by atoms with Gasteiger partial charge in [-0.05, 0) is 35.7 Å². The summed E-state index contributed by atoms with van der Waals surface area (Å²) in [6, 6.07) is 14.7. The molecule has 0 saturated heterocycles. The molecule has 2 nitrogen and oxygen atoms in total. The Balaban J connectivity index is 0.000000286. The van der Waals surface area contributed by atoms with Crippen molar-refractivity contribution in [3.63, 3.8) is 0 Å². The molecule has 106 valence electrons. The maximum atomic E-state index is 12.7. The maximum absolute atomic E-state index is 12.7. The molecular formula is C15H16FNOS2. The van der Waals surface area contributed by atoms with Gasteiger partial charge in [-0.3, -0.25) is 4.79 Å². The second-order valence-corrected chi connectivity index (χ2v) is 5.25. The Kier molecular flexibility index (Phi) is 6.61. The molecule has 2 aromatic rings. The van der Waals surface area contributed by atoms with Crippen LogP contribution in [0, 0.1) is 12.7 Å². The number of benzene rings is 2. The lowest BCUT2D eigenvalue weighted by atomic mass is 10.0. The van der Waals surface area contributed by atoms with Crippen LogP contribution in [0.25, 0.3) is 11.1 Å². The molecule has 2 aromatic carbocycles. The zero-order chi connectivity index (χ0) is 15.1. The number of halogens is 1. The lowest BCUT2D eigenvalue weighted by molar-refractivity contribution is -0.120. The van der Waals surface area contributed by atoms with Crippen molar-refractivity contribution in [3.05, 3.63) is 59.9 Å².